The molecule has 0 fully saturated rings. The molecule has 17 heavy (non-hydrogen) atoms. The zero-order valence-electron chi connectivity index (χ0n) is 9.98. The fourth-order valence-corrected chi connectivity index (χ4v) is 2.87. The van der Waals surface area contributed by atoms with Crippen LogP contribution >= 0.6 is 11.6 Å². The van der Waals surface area contributed by atoms with Crippen molar-refractivity contribution in [3.05, 3.63) is 29.8 Å². The second-order valence-corrected chi connectivity index (χ2v) is 6.22. The Labute approximate surface area is 108 Å². The van der Waals surface area contributed by atoms with E-state index in [9.17, 15) is 8.42 Å². The van der Waals surface area contributed by atoms with Gasteiger partial charge < -0.3 is 4.90 Å². The summed E-state index contributed by atoms with van der Waals surface area (Å²) >= 11 is 5.45. The van der Waals surface area contributed by atoms with Crippen LogP contribution < -0.4 is 4.72 Å². The number of sulfonamides is 1. The molecule has 0 atom stereocenters. The molecule has 96 valence electrons. The number of hydrogen-bond acceptors (Lipinski definition) is 3. The lowest BCUT2D eigenvalue weighted by Gasteiger charge is -2.15. The Morgan fingerprint density at radius 2 is 1.94 bits per heavy atom. The van der Waals surface area contributed by atoms with Gasteiger partial charge in [-0.25, -0.2) is 8.42 Å². The molecule has 0 radical (unpaired) electrons. The predicted molar refractivity (Wildman–Crippen MR) is 72.0 cm³/mol. The highest BCUT2D eigenvalue weighted by Crippen LogP contribution is 2.17. The molecule has 1 N–H and O–H groups in total. The van der Waals surface area contributed by atoms with E-state index in [0.717, 1.165) is 5.56 Å². The van der Waals surface area contributed by atoms with Gasteiger partial charge in [-0.15, -0.1) is 11.6 Å². The molecular weight excluding hydrogens is 260 g/mol. The molecule has 1 rings (SSSR count). The first kappa shape index (κ1) is 14.3. The number of benzene rings is 1. The van der Waals surface area contributed by atoms with Gasteiger partial charge in [0.05, 0.1) is 11.4 Å². The first-order valence-corrected chi connectivity index (χ1v) is 7.42. The minimum absolute atomic E-state index is 0.0785. The maximum absolute atomic E-state index is 11.6. The quantitative estimate of drug-likeness (QED) is 0.805. The topological polar surface area (TPSA) is 49.4 Å². The number of rotatable bonds is 6. The SMILES string of the molecule is CN(C)Cc1ccccc1NS(=O)(=O)CCCl. The van der Waals surface area contributed by atoms with E-state index in [1.165, 1.54) is 0 Å². The van der Waals surface area contributed by atoms with Gasteiger partial charge in [0, 0.05) is 12.4 Å². The van der Waals surface area contributed by atoms with Crippen molar-refractivity contribution < 1.29 is 8.42 Å². The summed E-state index contributed by atoms with van der Waals surface area (Å²) in [6.45, 7) is 0.680. The second-order valence-electron chi connectivity index (χ2n) is 4.00. The Kier molecular flexibility index (Phi) is 5.24. The largest absolute Gasteiger partial charge is 0.305 e. The van der Waals surface area contributed by atoms with E-state index < -0.39 is 10.0 Å². The highest BCUT2D eigenvalue weighted by molar-refractivity contribution is 7.92. The van der Waals surface area contributed by atoms with Gasteiger partial charge in [0.25, 0.3) is 0 Å². The molecule has 4 nitrogen and oxygen atoms in total. The van der Waals surface area contributed by atoms with Crippen LogP contribution in [-0.2, 0) is 16.6 Å². The normalized spacial score (nSPS) is 11.8. The first-order valence-electron chi connectivity index (χ1n) is 5.23. The molecule has 0 aliphatic heterocycles. The van der Waals surface area contributed by atoms with Crippen LogP contribution in [0, 0.1) is 0 Å². The summed E-state index contributed by atoms with van der Waals surface area (Å²) in [6.07, 6.45) is 0. The summed E-state index contributed by atoms with van der Waals surface area (Å²) in [4.78, 5) is 1.98. The minimum atomic E-state index is -3.34. The lowest BCUT2D eigenvalue weighted by Crippen LogP contribution is -2.20. The average molecular weight is 277 g/mol. The van der Waals surface area contributed by atoms with Gasteiger partial charge in [0.15, 0.2) is 0 Å². The first-order chi connectivity index (χ1) is 7.94. The van der Waals surface area contributed by atoms with Crippen molar-refractivity contribution in [3.8, 4) is 0 Å². The average Bonchev–Trinajstić information content (AvgIpc) is 2.19. The van der Waals surface area contributed by atoms with Crippen LogP contribution in [0.5, 0.6) is 0 Å². The Morgan fingerprint density at radius 3 is 2.53 bits per heavy atom. The maximum atomic E-state index is 11.6. The maximum Gasteiger partial charge on any atom is 0.233 e. The highest BCUT2D eigenvalue weighted by Gasteiger charge is 2.12. The number of nitrogens with one attached hydrogen (secondary N) is 1. The van der Waals surface area contributed by atoms with E-state index in [1.807, 2.05) is 31.1 Å². The zero-order valence-corrected chi connectivity index (χ0v) is 11.6. The Morgan fingerprint density at radius 1 is 1.29 bits per heavy atom. The van der Waals surface area contributed by atoms with Crippen molar-refractivity contribution in [1.82, 2.24) is 4.90 Å². The molecule has 0 heterocycles. The minimum Gasteiger partial charge on any atom is -0.305 e. The van der Waals surface area contributed by atoms with Crippen LogP contribution in [-0.4, -0.2) is 39.0 Å². The standard InChI is InChI=1S/C11H17ClN2O2S/c1-14(2)9-10-5-3-4-6-11(10)13-17(15,16)8-7-12/h3-6,13H,7-9H2,1-2H3. The molecule has 0 saturated carbocycles. The molecule has 1 aromatic carbocycles. The predicted octanol–water partition coefficient (Wildman–Crippen LogP) is 1.73. The molecule has 0 aliphatic carbocycles. The monoisotopic (exact) mass is 276 g/mol. The molecule has 0 aromatic heterocycles. The van der Waals surface area contributed by atoms with Crippen LogP contribution in [0.2, 0.25) is 0 Å². The second kappa shape index (κ2) is 6.23. The number of alkyl halides is 1. The van der Waals surface area contributed by atoms with Gasteiger partial charge in [0.1, 0.15) is 0 Å². The van der Waals surface area contributed by atoms with Crippen molar-refractivity contribution in [1.29, 1.82) is 0 Å². The summed E-state index contributed by atoms with van der Waals surface area (Å²) < 4.78 is 25.8. The lowest BCUT2D eigenvalue weighted by atomic mass is 10.2. The fraction of sp³-hybridized carbons (Fsp3) is 0.455. The number of para-hydroxylation sites is 1. The van der Waals surface area contributed by atoms with Gasteiger partial charge in [0.2, 0.25) is 10.0 Å². The number of hydrogen-bond donors (Lipinski definition) is 1. The molecule has 0 amide bonds. The van der Waals surface area contributed by atoms with E-state index in [4.69, 9.17) is 11.6 Å². The summed E-state index contributed by atoms with van der Waals surface area (Å²) in [5, 5.41) is 0. The summed E-state index contributed by atoms with van der Waals surface area (Å²) in [5.74, 6) is 0.00996. The molecule has 1 aromatic rings. The summed E-state index contributed by atoms with van der Waals surface area (Å²) in [5.41, 5.74) is 1.56. The lowest BCUT2D eigenvalue weighted by molar-refractivity contribution is 0.403. The van der Waals surface area contributed by atoms with Crippen molar-refractivity contribution in [3.63, 3.8) is 0 Å². The van der Waals surface area contributed by atoms with Gasteiger partial charge in [-0.2, -0.15) is 0 Å². The van der Waals surface area contributed by atoms with Crippen molar-refractivity contribution >= 4 is 27.3 Å². The van der Waals surface area contributed by atoms with Crippen molar-refractivity contribution in [2.24, 2.45) is 0 Å². The van der Waals surface area contributed by atoms with E-state index in [1.54, 1.807) is 12.1 Å². The summed E-state index contributed by atoms with van der Waals surface area (Å²) in [6, 6.07) is 7.35. The van der Waals surface area contributed by atoms with E-state index in [2.05, 4.69) is 4.72 Å². The van der Waals surface area contributed by atoms with Crippen LogP contribution in [0.15, 0.2) is 24.3 Å². The number of halogens is 1. The Balaban J connectivity index is 2.90. The molecule has 6 heteroatoms. The Bertz CT molecular complexity index is 460. The summed E-state index contributed by atoms with van der Waals surface area (Å²) in [7, 11) is 0.526. The number of anilines is 1. The molecule has 0 aliphatic rings. The van der Waals surface area contributed by atoms with E-state index >= 15 is 0 Å². The van der Waals surface area contributed by atoms with E-state index in [0.29, 0.717) is 12.2 Å². The van der Waals surface area contributed by atoms with Gasteiger partial charge in [-0.05, 0) is 25.7 Å². The van der Waals surface area contributed by atoms with Crippen molar-refractivity contribution in [2.75, 3.05) is 30.5 Å². The van der Waals surface area contributed by atoms with Crippen LogP contribution in [0.1, 0.15) is 5.56 Å². The van der Waals surface area contributed by atoms with Gasteiger partial charge >= 0.3 is 0 Å². The molecule has 0 unspecified atom stereocenters. The third-order valence-corrected chi connectivity index (χ3v) is 3.80. The highest BCUT2D eigenvalue weighted by atomic mass is 35.5. The Hall–Kier alpha value is -0.780. The molecule has 0 bridgehead atoms. The van der Waals surface area contributed by atoms with Gasteiger partial charge in [-0.1, -0.05) is 18.2 Å². The van der Waals surface area contributed by atoms with Gasteiger partial charge in [-0.3, -0.25) is 4.72 Å². The van der Waals surface area contributed by atoms with Crippen LogP contribution in [0.4, 0.5) is 5.69 Å². The molecule has 0 spiro atoms. The van der Waals surface area contributed by atoms with Crippen LogP contribution in [0.3, 0.4) is 0 Å². The number of nitrogens with zero attached hydrogens (tertiary/aromatic N) is 1. The third kappa shape index (κ3) is 4.93. The molecule has 0 saturated heterocycles. The molecular formula is C11H17ClN2O2S. The van der Waals surface area contributed by atoms with E-state index in [-0.39, 0.29) is 11.6 Å². The van der Waals surface area contributed by atoms with Crippen molar-refractivity contribution in [2.45, 2.75) is 6.54 Å². The third-order valence-electron chi connectivity index (χ3n) is 2.12. The van der Waals surface area contributed by atoms with Crippen LogP contribution in [0.25, 0.3) is 0 Å². The fourth-order valence-electron chi connectivity index (χ4n) is 1.42. The zero-order chi connectivity index (χ0) is 12.9. The smallest absolute Gasteiger partial charge is 0.233 e.